The van der Waals surface area contributed by atoms with E-state index in [9.17, 15) is 107 Å². The number of carbonyl (C=O) groups is 14. The first-order chi connectivity index (χ1) is 46.3. The molecule has 0 aromatic rings. The van der Waals surface area contributed by atoms with Crippen LogP contribution in [0.5, 0.6) is 0 Å². The highest BCUT2D eigenvalue weighted by Crippen LogP contribution is 2.27. The first-order valence-corrected chi connectivity index (χ1v) is 31.2. The minimum absolute atomic E-state index is 0.0569. The second-order valence-corrected chi connectivity index (χ2v) is 28.9. The van der Waals surface area contributed by atoms with Crippen molar-refractivity contribution in [2.75, 3.05) is 0 Å². The molecule has 0 aliphatic carbocycles. The van der Waals surface area contributed by atoms with Gasteiger partial charge in [0.25, 0.3) is 36.8 Å². The highest BCUT2D eigenvalue weighted by atomic mass is 19.3. The minimum atomic E-state index is -4.26. The van der Waals surface area contributed by atoms with Crippen LogP contribution < -0.4 is 31.9 Å². The van der Waals surface area contributed by atoms with Crippen LogP contribution in [0.4, 0.5) is 39.5 Å². The van der Waals surface area contributed by atoms with Gasteiger partial charge in [-0.1, -0.05) is 27.7 Å². The van der Waals surface area contributed by atoms with Crippen LogP contribution in [-0.4, -0.2) is 231 Å². The molecule has 0 saturated carbocycles. The first kappa shape index (κ1) is 108. The van der Waals surface area contributed by atoms with Gasteiger partial charge in [-0.15, -0.1) is 0 Å². The van der Waals surface area contributed by atoms with E-state index < -0.39 is 203 Å². The molecule has 0 aromatic heterocycles. The summed E-state index contributed by atoms with van der Waals surface area (Å²) >= 11 is 0. The molecule has 0 rings (SSSR count). The lowest BCUT2D eigenvalue weighted by atomic mass is 10.0. The fourth-order valence-electron chi connectivity index (χ4n) is 6.16. The van der Waals surface area contributed by atoms with Gasteiger partial charge in [-0.3, -0.25) is 47.9 Å². The van der Waals surface area contributed by atoms with E-state index in [4.69, 9.17) is 50.3 Å². The number of hydrogen-bond acceptors (Lipinski definition) is 20. The maximum atomic E-state index is 13.4. The molecule has 0 aliphatic heterocycles. The second-order valence-electron chi connectivity index (χ2n) is 28.9. The number of carboxylic acid groups (broad SMARTS) is 8. The Labute approximate surface area is 600 Å². The lowest BCUT2D eigenvalue weighted by Gasteiger charge is -2.27. The number of alkyl halides is 9. The smallest absolute Gasteiger partial charge is 0.436 e. The third-order valence-electron chi connectivity index (χ3n) is 10.1. The van der Waals surface area contributed by atoms with E-state index in [-0.39, 0.29) is 24.7 Å². The molecule has 6 amide bonds. The second kappa shape index (κ2) is 45.9. The van der Waals surface area contributed by atoms with Crippen LogP contribution in [0.1, 0.15) is 192 Å². The Morgan fingerprint density at radius 1 is 0.295 bits per heavy atom. The maximum absolute atomic E-state index is 13.4. The SMILES string of the molecule is CC(C)(C)OC(F)(F)C(=O)NC(CC(=O)O)C(=O)O.CC(C)(C)OC(F)C(=O)NC(CC(=O)O)C(=O)O.CC(C)CC(NC(=O)C(F)(F)OC(C)(C)C)C(=O)O.CC(C)CC(NC(=O)C(F)OC(C)(C)C)C(=O)O.CC(NC(=O)C(F)(F)OC(C)(C)C)C(=O)O.CC(NC(=O)C(F)OC(C)(C)C)C(=O)O. The Bertz CT molecular complexity index is 2850. The van der Waals surface area contributed by atoms with Gasteiger partial charge in [-0.05, 0) is 163 Å². The van der Waals surface area contributed by atoms with Crippen molar-refractivity contribution < 1.29 is 176 Å². The summed E-state index contributed by atoms with van der Waals surface area (Å²) < 4.78 is 146. The highest BCUT2D eigenvalue weighted by Gasteiger charge is 2.48. The molecule has 0 heterocycles. The van der Waals surface area contributed by atoms with Crippen molar-refractivity contribution in [2.45, 2.75) is 299 Å². The molecule has 0 fully saturated rings. The van der Waals surface area contributed by atoms with Gasteiger partial charge in [-0.2, -0.15) is 26.3 Å². The van der Waals surface area contributed by atoms with Gasteiger partial charge in [0.15, 0.2) is 0 Å². The molecule has 0 bridgehead atoms. The molecule has 9 atom stereocenters. The Morgan fingerprint density at radius 2 is 0.495 bits per heavy atom. The van der Waals surface area contributed by atoms with Crippen molar-refractivity contribution in [1.29, 1.82) is 0 Å². The molecule has 34 nitrogen and oxygen atoms in total. The van der Waals surface area contributed by atoms with Crippen molar-refractivity contribution in [2.24, 2.45) is 11.8 Å². The van der Waals surface area contributed by atoms with Gasteiger partial charge in [0.1, 0.15) is 36.3 Å². The summed E-state index contributed by atoms with van der Waals surface area (Å²) in [5, 5.41) is 79.4. The van der Waals surface area contributed by atoms with Crippen LogP contribution in [-0.2, 0) is 95.5 Å². The highest BCUT2D eigenvalue weighted by molar-refractivity contribution is 5.91. The topological polar surface area (TPSA) is 528 Å². The summed E-state index contributed by atoms with van der Waals surface area (Å²) in [6.45, 7) is 35.6. The van der Waals surface area contributed by atoms with Gasteiger partial charge in [0.2, 0.25) is 0 Å². The largest absolute Gasteiger partial charge is 0.481 e. The zero-order chi connectivity index (χ0) is 85.2. The molecule has 43 heteroatoms. The molecule has 614 valence electrons. The zero-order valence-electron chi connectivity index (χ0n) is 62.8. The van der Waals surface area contributed by atoms with Crippen molar-refractivity contribution in [3.8, 4) is 0 Å². The van der Waals surface area contributed by atoms with Crippen molar-refractivity contribution in [3.63, 3.8) is 0 Å². The molecule has 0 spiro atoms. The van der Waals surface area contributed by atoms with Gasteiger partial charge >= 0.3 is 83.8 Å². The fourth-order valence-corrected chi connectivity index (χ4v) is 6.16. The van der Waals surface area contributed by atoms with E-state index in [2.05, 4.69) is 24.3 Å². The number of rotatable bonds is 32. The van der Waals surface area contributed by atoms with Crippen molar-refractivity contribution in [1.82, 2.24) is 31.9 Å². The number of aliphatic carboxylic acids is 8. The number of ether oxygens (including phenoxy) is 6. The van der Waals surface area contributed by atoms with Gasteiger partial charge in [0, 0.05) is 0 Å². The number of amides is 6. The lowest BCUT2D eigenvalue weighted by molar-refractivity contribution is -0.268. The summed E-state index contributed by atoms with van der Waals surface area (Å²) in [4.78, 5) is 152. The molecular formula is C62H105F9N6O28. The summed E-state index contributed by atoms with van der Waals surface area (Å²) in [7, 11) is 0. The monoisotopic (exact) mass is 1550 g/mol. The van der Waals surface area contributed by atoms with E-state index >= 15 is 0 Å². The zero-order valence-corrected chi connectivity index (χ0v) is 62.8. The Morgan fingerprint density at radius 3 is 0.705 bits per heavy atom. The van der Waals surface area contributed by atoms with Gasteiger partial charge in [-0.25, -0.2) is 32.3 Å². The Hall–Kier alpha value is -8.29. The molecule has 0 saturated heterocycles. The molecule has 0 radical (unpaired) electrons. The van der Waals surface area contributed by atoms with Crippen LogP contribution in [0, 0.1) is 11.8 Å². The van der Waals surface area contributed by atoms with Crippen LogP contribution in [0.25, 0.3) is 0 Å². The van der Waals surface area contributed by atoms with E-state index in [0.29, 0.717) is 0 Å². The third kappa shape index (κ3) is 59.6. The molecule has 14 N–H and O–H groups in total. The Kier molecular flexibility index (Phi) is 47.1. The maximum Gasteiger partial charge on any atom is 0.436 e. The quantitative estimate of drug-likeness (QED) is 0.0345. The Balaban J connectivity index is -0.000000281. The molecule has 0 aliphatic rings. The molecular weight excluding hydrogens is 1450 g/mol. The summed E-state index contributed by atoms with van der Waals surface area (Å²) in [5.41, 5.74) is -6.32. The fraction of sp³-hybridized carbons (Fsp3) is 0.774. The number of carboxylic acids is 8. The van der Waals surface area contributed by atoms with Crippen LogP contribution in [0.2, 0.25) is 0 Å². The van der Waals surface area contributed by atoms with E-state index in [1.807, 2.05) is 19.2 Å². The van der Waals surface area contributed by atoms with Crippen LogP contribution in [0.3, 0.4) is 0 Å². The molecule has 0 aromatic carbocycles. The number of hydrogen-bond donors (Lipinski definition) is 14. The van der Waals surface area contributed by atoms with E-state index in [1.165, 1.54) is 95.3 Å². The van der Waals surface area contributed by atoms with Crippen LogP contribution in [0.15, 0.2) is 0 Å². The van der Waals surface area contributed by atoms with Gasteiger partial charge < -0.3 is 101 Å². The number of halogens is 9. The number of nitrogens with one attached hydrogen (secondary N) is 6. The third-order valence-corrected chi connectivity index (χ3v) is 10.1. The standard InChI is InChI=1S/C12H21F2NO4.C12H22FNO4.C10H15F2NO6.C10H16FNO6.C9H15F2NO4.C9H16FNO4/c1-7(2)6-8(9(16)17)15-10(18)12(13,14)19-11(3,4)5;1-7(2)6-8(11(16)17)14-10(15)9(13)18-12(3,4)5;1-9(2,3)19-10(11,12)8(18)13-5(7(16)17)4-6(14)15;1-10(2,3)18-7(11)8(15)12-5(9(16)17)4-6(13)14;1-5(6(13)14)12-7(15)9(10,11)16-8(2,3)4;1-5(8(13)14)11-7(12)6(10)15-9(2,3)4/h7-8H,6H2,1-5H3,(H,15,18)(H,16,17);7-9H,6H2,1-5H3,(H,14,15)(H,16,17);5H,4H2,1-3H3,(H,13,18)(H,14,15)(H,16,17);5,7H,4H2,1-3H3,(H,12,15)(H,13,14)(H,16,17);5H,1-4H3,(H,12,15)(H,13,14);5-6H,1-4H3,(H,11,12)(H,13,14). The molecule has 105 heavy (non-hydrogen) atoms. The average molecular weight is 1550 g/mol. The lowest BCUT2D eigenvalue weighted by Crippen LogP contribution is -2.52. The minimum Gasteiger partial charge on any atom is -0.481 e. The summed E-state index contributed by atoms with van der Waals surface area (Å²) in [6.07, 6.45) is -20.6. The first-order valence-electron chi connectivity index (χ1n) is 31.2. The van der Waals surface area contributed by atoms with E-state index in [1.54, 1.807) is 71.3 Å². The number of carbonyl (C=O) groups excluding carboxylic acids is 6. The predicted molar refractivity (Wildman–Crippen MR) is 347 cm³/mol. The summed E-state index contributed by atoms with van der Waals surface area (Å²) in [5.74, 6) is -20.4. The average Bonchev–Trinajstić information content (AvgIpc) is 0.852. The van der Waals surface area contributed by atoms with E-state index in [0.717, 1.165) is 6.92 Å². The predicted octanol–water partition coefficient (Wildman–Crippen LogP) is 5.97. The van der Waals surface area contributed by atoms with Gasteiger partial charge in [0.05, 0.1) is 46.4 Å². The molecule has 9 unspecified atom stereocenters. The van der Waals surface area contributed by atoms with Crippen LogP contribution >= 0.6 is 0 Å². The normalized spacial score (nSPS) is 14.6. The summed E-state index contributed by atoms with van der Waals surface area (Å²) in [6, 6.07) is -8.65. The van der Waals surface area contributed by atoms with Crippen molar-refractivity contribution >= 4 is 83.2 Å². The van der Waals surface area contributed by atoms with Crippen molar-refractivity contribution in [3.05, 3.63) is 0 Å².